The van der Waals surface area contributed by atoms with Crippen LogP contribution in [0.3, 0.4) is 0 Å². The number of benzene rings is 1. The zero-order valence-corrected chi connectivity index (χ0v) is 11.3. The first-order chi connectivity index (χ1) is 9.54. The largest absolute Gasteiger partial charge is 0.489 e. The first kappa shape index (κ1) is 14.3. The van der Waals surface area contributed by atoms with E-state index in [0.717, 1.165) is 0 Å². The van der Waals surface area contributed by atoms with Gasteiger partial charge in [-0.05, 0) is 24.6 Å². The molecule has 1 aliphatic heterocycles. The second kappa shape index (κ2) is 5.92. The highest BCUT2D eigenvalue weighted by molar-refractivity contribution is 6.00. The average Bonchev–Trinajstić information content (AvgIpc) is 2.45. The van der Waals surface area contributed by atoms with E-state index < -0.39 is 5.97 Å². The summed E-state index contributed by atoms with van der Waals surface area (Å²) in [6.45, 7) is 3.07. The lowest BCUT2D eigenvalue weighted by Crippen LogP contribution is -2.39. The van der Waals surface area contributed by atoms with Crippen LogP contribution in [-0.4, -0.2) is 36.7 Å². The molecule has 0 aliphatic carbocycles. The number of aromatic carboxylic acids is 1. The summed E-state index contributed by atoms with van der Waals surface area (Å²) in [6.07, 6.45) is 0.341. The lowest BCUT2D eigenvalue weighted by atomic mass is 10.1. The number of carbonyl (C=O) groups is 2. The van der Waals surface area contributed by atoms with Crippen molar-refractivity contribution < 1.29 is 19.4 Å². The van der Waals surface area contributed by atoms with Gasteiger partial charge in [0.05, 0.1) is 12.2 Å². The highest BCUT2D eigenvalue weighted by atomic mass is 16.5. The smallest absolute Gasteiger partial charge is 0.339 e. The Bertz CT molecular complexity index is 530. The minimum absolute atomic E-state index is 0.0601. The SMILES string of the molecule is CC(CN)CC(=O)N1CCOc2c(C(=O)O)cccc21. The van der Waals surface area contributed by atoms with Crippen LogP contribution < -0.4 is 15.4 Å². The van der Waals surface area contributed by atoms with E-state index in [1.807, 2.05) is 6.92 Å². The third kappa shape index (κ3) is 2.75. The van der Waals surface area contributed by atoms with E-state index in [0.29, 0.717) is 31.8 Å². The molecule has 0 fully saturated rings. The number of carboxylic acids is 1. The van der Waals surface area contributed by atoms with Gasteiger partial charge >= 0.3 is 5.97 Å². The Morgan fingerprint density at radius 3 is 2.90 bits per heavy atom. The van der Waals surface area contributed by atoms with Gasteiger partial charge in [0.2, 0.25) is 5.91 Å². The summed E-state index contributed by atoms with van der Waals surface area (Å²) < 4.78 is 5.43. The zero-order chi connectivity index (χ0) is 14.7. The summed E-state index contributed by atoms with van der Waals surface area (Å²) in [4.78, 5) is 25.0. The van der Waals surface area contributed by atoms with Gasteiger partial charge in [0.15, 0.2) is 5.75 Å². The minimum atomic E-state index is -1.06. The van der Waals surface area contributed by atoms with Crippen molar-refractivity contribution in [1.29, 1.82) is 0 Å². The zero-order valence-electron chi connectivity index (χ0n) is 11.3. The maximum atomic E-state index is 12.3. The molecular weight excluding hydrogens is 260 g/mol. The molecule has 1 heterocycles. The molecule has 0 bridgehead atoms. The fraction of sp³-hybridized carbons (Fsp3) is 0.429. The molecule has 0 saturated heterocycles. The van der Waals surface area contributed by atoms with Crippen LogP contribution in [0.5, 0.6) is 5.75 Å². The molecule has 0 spiro atoms. The molecule has 0 radical (unpaired) electrons. The third-order valence-electron chi connectivity index (χ3n) is 3.30. The Hall–Kier alpha value is -2.08. The molecule has 2 rings (SSSR count). The van der Waals surface area contributed by atoms with E-state index in [4.69, 9.17) is 15.6 Å². The van der Waals surface area contributed by atoms with Crippen LogP contribution in [-0.2, 0) is 4.79 Å². The second-order valence-corrected chi connectivity index (χ2v) is 4.90. The number of hydrogen-bond acceptors (Lipinski definition) is 4. The van der Waals surface area contributed by atoms with Gasteiger partial charge < -0.3 is 20.5 Å². The molecule has 20 heavy (non-hydrogen) atoms. The molecule has 1 aromatic rings. The maximum absolute atomic E-state index is 12.3. The van der Waals surface area contributed by atoms with Crippen LogP contribution in [0.1, 0.15) is 23.7 Å². The molecule has 1 atom stereocenters. The quantitative estimate of drug-likeness (QED) is 0.860. The van der Waals surface area contributed by atoms with Gasteiger partial charge in [-0.25, -0.2) is 4.79 Å². The van der Waals surface area contributed by atoms with Crippen molar-refractivity contribution in [3.8, 4) is 5.75 Å². The first-order valence-electron chi connectivity index (χ1n) is 6.54. The third-order valence-corrected chi connectivity index (χ3v) is 3.30. The van der Waals surface area contributed by atoms with Crippen molar-refractivity contribution in [2.75, 3.05) is 24.6 Å². The maximum Gasteiger partial charge on any atom is 0.339 e. The molecule has 108 valence electrons. The number of para-hydroxylation sites is 1. The summed E-state index contributed by atoms with van der Waals surface area (Å²) in [5.74, 6) is -0.766. The summed E-state index contributed by atoms with van der Waals surface area (Å²) in [6, 6.07) is 4.78. The molecular formula is C14H18N2O4. The fourth-order valence-corrected chi connectivity index (χ4v) is 2.17. The molecule has 6 heteroatoms. The Morgan fingerprint density at radius 2 is 2.25 bits per heavy atom. The highest BCUT2D eigenvalue weighted by Crippen LogP contribution is 2.35. The topological polar surface area (TPSA) is 92.9 Å². The summed E-state index contributed by atoms with van der Waals surface area (Å²) >= 11 is 0. The minimum Gasteiger partial charge on any atom is -0.489 e. The molecule has 3 N–H and O–H groups in total. The van der Waals surface area contributed by atoms with Crippen molar-refractivity contribution in [2.24, 2.45) is 11.7 Å². The van der Waals surface area contributed by atoms with Crippen LogP contribution in [0, 0.1) is 5.92 Å². The van der Waals surface area contributed by atoms with Crippen molar-refractivity contribution in [3.63, 3.8) is 0 Å². The van der Waals surface area contributed by atoms with Crippen LogP contribution in [0.25, 0.3) is 0 Å². The number of carbonyl (C=O) groups excluding carboxylic acids is 1. The van der Waals surface area contributed by atoms with Gasteiger partial charge in [0, 0.05) is 6.42 Å². The number of hydrogen-bond donors (Lipinski definition) is 2. The molecule has 1 unspecified atom stereocenters. The Balaban J connectivity index is 2.31. The van der Waals surface area contributed by atoms with Gasteiger partial charge in [-0.1, -0.05) is 13.0 Å². The number of rotatable bonds is 4. The molecule has 0 aromatic heterocycles. The Morgan fingerprint density at radius 1 is 1.50 bits per heavy atom. The van der Waals surface area contributed by atoms with Gasteiger partial charge in [0.1, 0.15) is 12.2 Å². The number of amides is 1. The Labute approximate surface area is 117 Å². The Kier molecular flexibility index (Phi) is 4.24. The monoisotopic (exact) mass is 278 g/mol. The van der Waals surface area contributed by atoms with Gasteiger partial charge in [-0.15, -0.1) is 0 Å². The molecule has 1 aliphatic rings. The van der Waals surface area contributed by atoms with E-state index in [9.17, 15) is 9.59 Å². The van der Waals surface area contributed by atoms with Crippen molar-refractivity contribution in [1.82, 2.24) is 0 Å². The van der Waals surface area contributed by atoms with Crippen molar-refractivity contribution in [3.05, 3.63) is 23.8 Å². The lowest BCUT2D eigenvalue weighted by Gasteiger charge is -2.31. The van der Waals surface area contributed by atoms with Crippen LogP contribution >= 0.6 is 0 Å². The van der Waals surface area contributed by atoms with Crippen molar-refractivity contribution >= 4 is 17.6 Å². The molecule has 1 amide bonds. The number of ether oxygens (including phenoxy) is 1. The first-order valence-corrected chi connectivity index (χ1v) is 6.54. The van der Waals surface area contributed by atoms with Gasteiger partial charge in [-0.2, -0.15) is 0 Å². The van der Waals surface area contributed by atoms with Gasteiger partial charge in [-0.3, -0.25) is 4.79 Å². The van der Waals surface area contributed by atoms with E-state index in [2.05, 4.69) is 0 Å². The molecule has 1 aromatic carbocycles. The van der Waals surface area contributed by atoms with Crippen LogP contribution in [0.4, 0.5) is 5.69 Å². The second-order valence-electron chi connectivity index (χ2n) is 4.90. The van der Waals surface area contributed by atoms with E-state index in [1.54, 1.807) is 17.0 Å². The summed E-state index contributed by atoms with van der Waals surface area (Å²) in [5.41, 5.74) is 6.13. The number of nitrogens with two attached hydrogens (primary N) is 1. The molecule has 6 nitrogen and oxygen atoms in total. The van der Waals surface area contributed by atoms with E-state index in [1.165, 1.54) is 6.07 Å². The van der Waals surface area contributed by atoms with E-state index in [-0.39, 0.29) is 23.1 Å². The predicted octanol–water partition coefficient (Wildman–Crippen LogP) is 1.10. The number of anilines is 1. The van der Waals surface area contributed by atoms with E-state index >= 15 is 0 Å². The fourth-order valence-electron chi connectivity index (χ4n) is 2.17. The number of fused-ring (bicyclic) bond motifs is 1. The van der Waals surface area contributed by atoms with Crippen LogP contribution in [0.2, 0.25) is 0 Å². The number of nitrogens with zero attached hydrogens (tertiary/aromatic N) is 1. The highest BCUT2D eigenvalue weighted by Gasteiger charge is 2.27. The number of carboxylic acid groups (broad SMARTS) is 1. The standard InChI is InChI=1S/C14H18N2O4/c1-9(8-15)7-12(17)16-5-6-20-13-10(14(18)19)3-2-4-11(13)16/h2-4,9H,5-8,15H2,1H3,(H,18,19). The normalized spacial score (nSPS) is 15.2. The summed E-state index contributed by atoms with van der Waals surface area (Å²) in [5, 5.41) is 9.15. The predicted molar refractivity (Wildman–Crippen MR) is 74.1 cm³/mol. The van der Waals surface area contributed by atoms with Crippen molar-refractivity contribution in [2.45, 2.75) is 13.3 Å². The average molecular weight is 278 g/mol. The van der Waals surface area contributed by atoms with Gasteiger partial charge in [0.25, 0.3) is 0 Å². The molecule has 0 saturated carbocycles. The summed E-state index contributed by atoms with van der Waals surface area (Å²) in [7, 11) is 0. The van der Waals surface area contributed by atoms with Crippen LogP contribution in [0.15, 0.2) is 18.2 Å². The lowest BCUT2D eigenvalue weighted by molar-refractivity contribution is -0.119.